The first-order valence-electron chi connectivity index (χ1n) is 4.97. The van der Waals surface area contributed by atoms with Gasteiger partial charge in [0, 0.05) is 3.57 Å². The van der Waals surface area contributed by atoms with E-state index >= 15 is 0 Å². The molecule has 1 rings (SSSR count). The Labute approximate surface area is 104 Å². The van der Waals surface area contributed by atoms with Crippen LogP contribution in [0.1, 0.15) is 13.8 Å². The number of benzene rings is 1. The molecule has 0 bridgehead atoms. The Balaban J connectivity index is 2.79. The Bertz CT molecular complexity index is 328. The molecule has 0 aromatic heterocycles. The van der Waals surface area contributed by atoms with Crippen LogP contribution in [0.25, 0.3) is 0 Å². The second-order valence-corrected chi connectivity index (χ2v) is 5.15. The highest BCUT2D eigenvalue weighted by atomic mass is 127. The molecule has 0 heterocycles. The van der Waals surface area contributed by atoms with E-state index in [1.807, 2.05) is 18.2 Å². The van der Waals surface area contributed by atoms with Crippen molar-refractivity contribution in [3.8, 4) is 0 Å². The quantitative estimate of drug-likeness (QED) is 0.589. The Morgan fingerprint density at radius 2 is 2.13 bits per heavy atom. The molecule has 4 heteroatoms. The topological polar surface area (TPSA) is 58.3 Å². The van der Waals surface area contributed by atoms with Crippen LogP contribution in [-0.2, 0) is 0 Å². The summed E-state index contributed by atoms with van der Waals surface area (Å²) in [6.45, 7) is 4.25. The first-order chi connectivity index (χ1) is 7.04. The van der Waals surface area contributed by atoms with Gasteiger partial charge < -0.3 is 16.2 Å². The fraction of sp³-hybridized carbons (Fsp3) is 0.455. The van der Waals surface area contributed by atoms with E-state index in [0.29, 0.717) is 5.92 Å². The van der Waals surface area contributed by atoms with Gasteiger partial charge in [-0.05, 0) is 46.7 Å². The lowest BCUT2D eigenvalue weighted by atomic mass is 10.0. The van der Waals surface area contributed by atoms with Crippen LogP contribution in [0.4, 0.5) is 11.4 Å². The van der Waals surface area contributed by atoms with Crippen LogP contribution in [0.3, 0.4) is 0 Å². The summed E-state index contributed by atoms with van der Waals surface area (Å²) >= 11 is 2.22. The zero-order valence-corrected chi connectivity index (χ0v) is 11.2. The third kappa shape index (κ3) is 3.53. The van der Waals surface area contributed by atoms with Crippen molar-refractivity contribution in [3.63, 3.8) is 0 Å². The summed E-state index contributed by atoms with van der Waals surface area (Å²) in [5.41, 5.74) is 7.49. The molecule has 4 N–H and O–H groups in total. The van der Waals surface area contributed by atoms with Crippen molar-refractivity contribution >= 4 is 34.0 Å². The maximum absolute atomic E-state index is 9.20. The number of halogens is 1. The first kappa shape index (κ1) is 12.6. The van der Waals surface area contributed by atoms with E-state index in [1.54, 1.807) is 0 Å². The fourth-order valence-electron chi connectivity index (χ4n) is 1.29. The van der Waals surface area contributed by atoms with E-state index in [0.717, 1.165) is 14.9 Å². The molecule has 84 valence electrons. The number of nitrogens with two attached hydrogens (primary N) is 1. The zero-order valence-electron chi connectivity index (χ0n) is 9.00. The molecule has 1 aromatic rings. The smallest absolute Gasteiger partial charge is 0.0635 e. The van der Waals surface area contributed by atoms with Crippen molar-refractivity contribution in [2.45, 2.75) is 19.9 Å². The lowest BCUT2D eigenvalue weighted by molar-refractivity contribution is 0.249. The number of nitrogen functional groups attached to an aromatic ring is 1. The Morgan fingerprint density at radius 3 is 2.60 bits per heavy atom. The molecule has 3 nitrogen and oxygen atoms in total. The van der Waals surface area contributed by atoms with Gasteiger partial charge in [0.15, 0.2) is 0 Å². The predicted molar refractivity (Wildman–Crippen MR) is 72.9 cm³/mol. The highest BCUT2D eigenvalue weighted by Crippen LogP contribution is 2.22. The lowest BCUT2D eigenvalue weighted by Crippen LogP contribution is -2.29. The molecule has 0 saturated carbocycles. The number of anilines is 2. The van der Waals surface area contributed by atoms with Crippen molar-refractivity contribution in [2.75, 3.05) is 17.7 Å². The Morgan fingerprint density at radius 1 is 1.47 bits per heavy atom. The van der Waals surface area contributed by atoms with E-state index in [4.69, 9.17) is 5.73 Å². The van der Waals surface area contributed by atoms with Gasteiger partial charge >= 0.3 is 0 Å². The minimum absolute atomic E-state index is 0.0485. The van der Waals surface area contributed by atoms with Crippen molar-refractivity contribution in [1.29, 1.82) is 0 Å². The van der Waals surface area contributed by atoms with Crippen molar-refractivity contribution in [2.24, 2.45) is 5.92 Å². The van der Waals surface area contributed by atoms with Gasteiger partial charge in [0.1, 0.15) is 0 Å². The first-order valence-corrected chi connectivity index (χ1v) is 6.05. The Hall–Kier alpha value is -0.490. The minimum atomic E-state index is 0.0485. The molecule has 15 heavy (non-hydrogen) atoms. The molecular formula is C11H17IN2O. The third-order valence-corrected chi connectivity index (χ3v) is 3.03. The maximum Gasteiger partial charge on any atom is 0.0635 e. The predicted octanol–water partition coefficient (Wildman–Crippen LogP) is 2.30. The summed E-state index contributed by atoms with van der Waals surface area (Å²) in [6.07, 6.45) is 0. The summed E-state index contributed by atoms with van der Waals surface area (Å²) < 4.78 is 1.11. The minimum Gasteiger partial charge on any atom is -0.397 e. The van der Waals surface area contributed by atoms with Crippen LogP contribution in [0, 0.1) is 9.49 Å². The fourth-order valence-corrected chi connectivity index (χ4v) is 1.80. The largest absolute Gasteiger partial charge is 0.397 e. The Kier molecular flexibility index (Phi) is 4.66. The number of aliphatic hydroxyl groups excluding tert-OH is 1. The van der Waals surface area contributed by atoms with E-state index < -0.39 is 0 Å². The molecule has 0 fully saturated rings. The van der Waals surface area contributed by atoms with Gasteiger partial charge in [0.25, 0.3) is 0 Å². The summed E-state index contributed by atoms with van der Waals surface area (Å²) in [6, 6.07) is 5.90. The number of nitrogens with one attached hydrogen (secondary N) is 1. The lowest BCUT2D eigenvalue weighted by Gasteiger charge is -2.22. The molecule has 1 aromatic carbocycles. The molecule has 0 aliphatic heterocycles. The van der Waals surface area contributed by atoms with Gasteiger partial charge in [-0.1, -0.05) is 13.8 Å². The molecule has 1 atom stereocenters. The van der Waals surface area contributed by atoms with E-state index in [-0.39, 0.29) is 12.6 Å². The van der Waals surface area contributed by atoms with Crippen LogP contribution in [0.2, 0.25) is 0 Å². The molecule has 0 saturated heterocycles. The van der Waals surface area contributed by atoms with E-state index in [1.165, 1.54) is 0 Å². The molecule has 0 amide bonds. The van der Waals surface area contributed by atoms with Crippen LogP contribution < -0.4 is 11.1 Å². The zero-order chi connectivity index (χ0) is 11.4. The van der Waals surface area contributed by atoms with E-state index in [2.05, 4.69) is 41.8 Å². The van der Waals surface area contributed by atoms with E-state index in [9.17, 15) is 5.11 Å². The van der Waals surface area contributed by atoms with Gasteiger partial charge in [0.05, 0.1) is 24.0 Å². The number of rotatable bonds is 4. The van der Waals surface area contributed by atoms with Crippen LogP contribution in [0.15, 0.2) is 18.2 Å². The monoisotopic (exact) mass is 320 g/mol. The molecular weight excluding hydrogens is 303 g/mol. The third-order valence-electron chi connectivity index (χ3n) is 2.36. The van der Waals surface area contributed by atoms with Crippen molar-refractivity contribution < 1.29 is 5.11 Å². The van der Waals surface area contributed by atoms with Gasteiger partial charge in [-0.15, -0.1) is 0 Å². The summed E-state index contributed by atoms with van der Waals surface area (Å²) in [5, 5.41) is 12.4. The normalized spacial score (nSPS) is 12.9. The molecule has 0 radical (unpaired) electrons. The second-order valence-electron chi connectivity index (χ2n) is 3.91. The highest BCUT2D eigenvalue weighted by molar-refractivity contribution is 14.1. The van der Waals surface area contributed by atoms with Crippen molar-refractivity contribution in [1.82, 2.24) is 0 Å². The average molecular weight is 320 g/mol. The number of aliphatic hydroxyl groups is 1. The van der Waals surface area contributed by atoms with Crippen LogP contribution >= 0.6 is 22.6 Å². The van der Waals surface area contributed by atoms with Crippen LogP contribution in [-0.4, -0.2) is 17.8 Å². The second kappa shape index (κ2) is 5.55. The molecule has 1 unspecified atom stereocenters. The van der Waals surface area contributed by atoms with Gasteiger partial charge in [-0.2, -0.15) is 0 Å². The highest BCUT2D eigenvalue weighted by Gasteiger charge is 2.12. The average Bonchev–Trinajstić information content (AvgIpc) is 2.16. The maximum atomic E-state index is 9.20. The number of hydrogen-bond acceptors (Lipinski definition) is 3. The molecule has 0 aliphatic rings. The summed E-state index contributed by atoms with van der Waals surface area (Å²) in [7, 11) is 0. The molecule has 0 aliphatic carbocycles. The van der Waals surface area contributed by atoms with Gasteiger partial charge in [-0.25, -0.2) is 0 Å². The molecule has 0 spiro atoms. The SMILES string of the molecule is CC(C)C(CO)Nc1ccc(I)cc1N. The van der Waals surface area contributed by atoms with Gasteiger partial charge in [0.2, 0.25) is 0 Å². The summed E-state index contributed by atoms with van der Waals surface area (Å²) in [4.78, 5) is 0. The summed E-state index contributed by atoms with van der Waals surface area (Å²) in [5.74, 6) is 0.369. The standard InChI is InChI=1S/C11H17IN2O/c1-7(2)11(6-15)14-10-4-3-8(12)5-9(10)13/h3-5,7,11,14-15H,6,13H2,1-2H3. The van der Waals surface area contributed by atoms with Crippen LogP contribution in [0.5, 0.6) is 0 Å². The van der Waals surface area contributed by atoms with Gasteiger partial charge in [-0.3, -0.25) is 0 Å². The number of hydrogen-bond donors (Lipinski definition) is 3. The van der Waals surface area contributed by atoms with Crippen molar-refractivity contribution in [3.05, 3.63) is 21.8 Å².